The number of hydrogen-bond acceptors (Lipinski definition) is 2. The van der Waals surface area contributed by atoms with Crippen molar-refractivity contribution in [2.24, 2.45) is 0 Å². The molecule has 0 bridgehead atoms. The van der Waals surface area contributed by atoms with E-state index in [1.807, 2.05) is 0 Å². The monoisotopic (exact) mass is 285 g/mol. The van der Waals surface area contributed by atoms with E-state index in [-0.39, 0.29) is 0 Å². The summed E-state index contributed by atoms with van der Waals surface area (Å²) in [4.78, 5) is 0. The highest BCUT2D eigenvalue weighted by atomic mass is 32.1. The zero-order valence-corrected chi connectivity index (χ0v) is 13.0. The van der Waals surface area contributed by atoms with Crippen molar-refractivity contribution in [3.63, 3.8) is 0 Å². The van der Waals surface area contributed by atoms with Crippen molar-refractivity contribution < 1.29 is 0 Å². The van der Waals surface area contributed by atoms with Gasteiger partial charge < -0.3 is 5.32 Å². The van der Waals surface area contributed by atoms with Gasteiger partial charge in [0.2, 0.25) is 0 Å². The number of benzene rings is 1. The normalized spacial score (nSPS) is 15.8. The van der Waals surface area contributed by atoms with Crippen LogP contribution in [-0.2, 0) is 12.8 Å². The maximum Gasteiger partial charge on any atom is 0.0585 e. The molecule has 0 radical (unpaired) electrons. The quantitative estimate of drug-likeness (QED) is 0.838. The molecule has 1 aromatic carbocycles. The van der Waals surface area contributed by atoms with E-state index in [0.717, 1.165) is 6.54 Å². The average Bonchev–Trinajstić information content (AvgIpc) is 3.02. The molecular formula is C18H23NS. The highest BCUT2D eigenvalue weighted by Crippen LogP contribution is 2.29. The van der Waals surface area contributed by atoms with Crippen LogP contribution in [-0.4, -0.2) is 6.54 Å². The Labute approximate surface area is 126 Å². The molecule has 1 aromatic heterocycles. The molecule has 1 unspecified atom stereocenters. The summed E-state index contributed by atoms with van der Waals surface area (Å²) in [5, 5.41) is 8.15. The van der Waals surface area contributed by atoms with Gasteiger partial charge in [-0.05, 0) is 77.7 Å². The van der Waals surface area contributed by atoms with Crippen molar-refractivity contribution in [1.29, 1.82) is 0 Å². The Morgan fingerprint density at radius 2 is 1.95 bits per heavy atom. The summed E-state index contributed by atoms with van der Waals surface area (Å²) < 4.78 is 0. The number of hydrogen-bond donors (Lipinski definition) is 1. The molecule has 1 atom stereocenters. The lowest BCUT2D eigenvalue weighted by Crippen LogP contribution is -2.23. The first-order valence-electron chi connectivity index (χ1n) is 7.75. The minimum absolute atomic E-state index is 0.355. The van der Waals surface area contributed by atoms with Gasteiger partial charge in [0, 0.05) is 0 Å². The standard InChI is InChI=1S/C18H23NS/c1-2-10-19-18(17-9-11-20-13-17)16-8-7-14-5-3-4-6-15(14)12-16/h7-9,11-13,18-19H,2-6,10H2,1H3. The molecule has 3 rings (SSSR count). The van der Waals surface area contributed by atoms with Crippen LogP contribution in [0.15, 0.2) is 35.0 Å². The molecule has 1 heterocycles. The molecule has 2 heteroatoms. The Morgan fingerprint density at radius 1 is 1.10 bits per heavy atom. The zero-order valence-electron chi connectivity index (χ0n) is 12.2. The minimum atomic E-state index is 0.355. The van der Waals surface area contributed by atoms with Crippen LogP contribution in [0.5, 0.6) is 0 Å². The Kier molecular flexibility index (Phi) is 4.54. The van der Waals surface area contributed by atoms with Gasteiger partial charge in [0.25, 0.3) is 0 Å². The van der Waals surface area contributed by atoms with Crippen LogP contribution in [0, 0.1) is 0 Å². The molecule has 2 aromatic rings. The molecule has 0 aliphatic heterocycles. The van der Waals surface area contributed by atoms with E-state index in [1.54, 1.807) is 22.5 Å². The molecule has 0 amide bonds. The van der Waals surface area contributed by atoms with Gasteiger partial charge in [-0.15, -0.1) is 0 Å². The lowest BCUT2D eigenvalue weighted by molar-refractivity contribution is 0.597. The molecule has 1 N–H and O–H groups in total. The van der Waals surface area contributed by atoms with E-state index in [0.29, 0.717) is 6.04 Å². The summed E-state index contributed by atoms with van der Waals surface area (Å²) >= 11 is 1.78. The van der Waals surface area contributed by atoms with Gasteiger partial charge in [0.1, 0.15) is 0 Å². The number of nitrogens with one attached hydrogen (secondary N) is 1. The van der Waals surface area contributed by atoms with Gasteiger partial charge in [-0.1, -0.05) is 25.1 Å². The van der Waals surface area contributed by atoms with Gasteiger partial charge >= 0.3 is 0 Å². The molecule has 0 saturated heterocycles. The van der Waals surface area contributed by atoms with Crippen LogP contribution in [0.3, 0.4) is 0 Å². The fraction of sp³-hybridized carbons (Fsp3) is 0.444. The summed E-state index contributed by atoms with van der Waals surface area (Å²) in [6, 6.07) is 9.73. The van der Waals surface area contributed by atoms with E-state index in [1.165, 1.54) is 43.2 Å². The van der Waals surface area contributed by atoms with Gasteiger partial charge in [-0.3, -0.25) is 0 Å². The van der Waals surface area contributed by atoms with Gasteiger partial charge in [0.05, 0.1) is 6.04 Å². The SMILES string of the molecule is CCCNC(c1ccsc1)c1ccc2c(c1)CCCC2. The van der Waals surface area contributed by atoms with Gasteiger partial charge in [0.15, 0.2) is 0 Å². The third-order valence-corrected chi connectivity index (χ3v) is 4.88. The third-order valence-electron chi connectivity index (χ3n) is 4.18. The number of aryl methyl sites for hydroxylation is 2. The Morgan fingerprint density at radius 3 is 2.70 bits per heavy atom. The highest BCUT2D eigenvalue weighted by molar-refractivity contribution is 7.08. The van der Waals surface area contributed by atoms with Gasteiger partial charge in [-0.25, -0.2) is 0 Å². The summed E-state index contributed by atoms with van der Waals surface area (Å²) in [6.07, 6.45) is 6.40. The lowest BCUT2D eigenvalue weighted by Gasteiger charge is -2.22. The predicted octanol–water partition coefficient (Wildman–Crippen LogP) is 4.72. The minimum Gasteiger partial charge on any atom is -0.306 e. The fourth-order valence-electron chi connectivity index (χ4n) is 3.09. The number of rotatable bonds is 5. The number of thiophene rings is 1. The molecule has 0 saturated carbocycles. The molecule has 0 spiro atoms. The molecule has 0 fully saturated rings. The van der Waals surface area contributed by atoms with E-state index in [9.17, 15) is 0 Å². The first kappa shape index (κ1) is 13.8. The lowest BCUT2D eigenvalue weighted by atomic mass is 9.88. The molecular weight excluding hydrogens is 262 g/mol. The summed E-state index contributed by atoms with van der Waals surface area (Å²) in [6.45, 7) is 3.29. The van der Waals surface area contributed by atoms with Crippen LogP contribution in [0.2, 0.25) is 0 Å². The van der Waals surface area contributed by atoms with Crippen LogP contribution >= 0.6 is 11.3 Å². The van der Waals surface area contributed by atoms with E-state index in [2.05, 4.69) is 47.3 Å². The Bertz CT molecular complexity index is 545. The number of fused-ring (bicyclic) bond motifs is 1. The Balaban J connectivity index is 1.90. The molecule has 106 valence electrons. The predicted molar refractivity (Wildman–Crippen MR) is 87.5 cm³/mol. The second-order valence-corrected chi connectivity index (χ2v) is 6.46. The molecule has 1 nitrogen and oxygen atoms in total. The molecule has 1 aliphatic carbocycles. The summed E-state index contributed by atoms with van der Waals surface area (Å²) in [7, 11) is 0. The maximum absolute atomic E-state index is 3.70. The van der Waals surface area contributed by atoms with E-state index >= 15 is 0 Å². The third kappa shape index (κ3) is 2.97. The van der Waals surface area contributed by atoms with Crippen molar-refractivity contribution in [2.45, 2.75) is 45.1 Å². The van der Waals surface area contributed by atoms with Crippen LogP contribution in [0.25, 0.3) is 0 Å². The fourth-order valence-corrected chi connectivity index (χ4v) is 3.78. The van der Waals surface area contributed by atoms with E-state index in [4.69, 9.17) is 0 Å². The summed E-state index contributed by atoms with van der Waals surface area (Å²) in [5.41, 5.74) is 5.98. The molecule has 20 heavy (non-hydrogen) atoms. The smallest absolute Gasteiger partial charge is 0.0585 e. The van der Waals surface area contributed by atoms with Gasteiger partial charge in [-0.2, -0.15) is 11.3 Å². The Hall–Kier alpha value is -1.12. The van der Waals surface area contributed by atoms with Crippen LogP contribution < -0.4 is 5.32 Å². The summed E-state index contributed by atoms with van der Waals surface area (Å²) in [5.74, 6) is 0. The first-order valence-corrected chi connectivity index (χ1v) is 8.70. The molecule has 1 aliphatic rings. The van der Waals surface area contributed by atoms with Crippen molar-refractivity contribution in [1.82, 2.24) is 5.32 Å². The topological polar surface area (TPSA) is 12.0 Å². The van der Waals surface area contributed by atoms with Crippen molar-refractivity contribution in [3.05, 3.63) is 57.3 Å². The zero-order chi connectivity index (χ0) is 13.8. The first-order chi connectivity index (χ1) is 9.88. The van der Waals surface area contributed by atoms with Crippen molar-refractivity contribution in [2.75, 3.05) is 6.54 Å². The maximum atomic E-state index is 3.70. The highest BCUT2D eigenvalue weighted by Gasteiger charge is 2.16. The second-order valence-electron chi connectivity index (χ2n) is 5.68. The van der Waals surface area contributed by atoms with Crippen molar-refractivity contribution >= 4 is 11.3 Å². The van der Waals surface area contributed by atoms with E-state index < -0.39 is 0 Å². The average molecular weight is 285 g/mol. The van der Waals surface area contributed by atoms with Crippen LogP contribution in [0.4, 0.5) is 0 Å². The van der Waals surface area contributed by atoms with Crippen molar-refractivity contribution in [3.8, 4) is 0 Å². The largest absolute Gasteiger partial charge is 0.306 e. The second kappa shape index (κ2) is 6.55. The van der Waals surface area contributed by atoms with Crippen LogP contribution in [0.1, 0.15) is 54.5 Å².